The van der Waals surface area contributed by atoms with Crippen molar-refractivity contribution in [1.29, 1.82) is 0 Å². The summed E-state index contributed by atoms with van der Waals surface area (Å²) in [5, 5.41) is 0. The zero-order valence-electron chi connectivity index (χ0n) is 17.4. The molecule has 3 aromatic rings. The van der Waals surface area contributed by atoms with Crippen LogP contribution in [0.2, 0.25) is 0 Å². The number of anilines is 1. The summed E-state index contributed by atoms with van der Waals surface area (Å²) in [5.41, 5.74) is 1.71. The molecule has 1 saturated heterocycles. The molecule has 3 aromatic carbocycles. The molecule has 1 aliphatic heterocycles. The number of carbonyl (C=O) groups excluding carboxylic acids is 1. The van der Waals surface area contributed by atoms with E-state index in [0.717, 1.165) is 5.69 Å². The van der Waals surface area contributed by atoms with E-state index in [2.05, 4.69) is 4.90 Å². The third-order valence-corrected chi connectivity index (χ3v) is 7.22. The van der Waals surface area contributed by atoms with Crippen molar-refractivity contribution in [3.63, 3.8) is 0 Å². The van der Waals surface area contributed by atoms with Crippen molar-refractivity contribution in [2.24, 2.45) is 0 Å². The van der Waals surface area contributed by atoms with Gasteiger partial charge >= 0.3 is 5.97 Å². The van der Waals surface area contributed by atoms with E-state index in [-0.39, 0.29) is 17.1 Å². The predicted molar refractivity (Wildman–Crippen MR) is 119 cm³/mol. The maximum Gasteiger partial charge on any atom is 0.338 e. The Labute approximate surface area is 186 Å². The van der Waals surface area contributed by atoms with Gasteiger partial charge in [0.25, 0.3) is 0 Å². The third-order valence-electron chi connectivity index (χ3n) is 5.33. The monoisotopic (exact) mass is 454 g/mol. The van der Waals surface area contributed by atoms with Gasteiger partial charge in [-0.05, 0) is 48.0 Å². The van der Waals surface area contributed by atoms with Crippen LogP contribution < -0.4 is 4.90 Å². The molecule has 0 radical (unpaired) electrons. The van der Waals surface area contributed by atoms with E-state index >= 15 is 0 Å². The number of para-hydroxylation sites is 1. The highest BCUT2D eigenvalue weighted by Gasteiger charge is 2.29. The Morgan fingerprint density at radius 2 is 1.59 bits per heavy atom. The van der Waals surface area contributed by atoms with Crippen LogP contribution in [0.25, 0.3) is 0 Å². The number of esters is 1. The van der Waals surface area contributed by atoms with E-state index in [1.807, 2.05) is 30.3 Å². The molecule has 8 heteroatoms. The summed E-state index contributed by atoms with van der Waals surface area (Å²) in [4.78, 5) is 14.6. The molecule has 0 spiro atoms. The van der Waals surface area contributed by atoms with Gasteiger partial charge in [0, 0.05) is 31.9 Å². The predicted octanol–water partition coefficient (Wildman–Crippen LogP) is 3.69. The SMILES string of the molecule is O=C(OCc1cccc(F)c1)c1cccc(S(=O)(=O)N2CCN(c3ccccc3)CC2)c1. The van der Waals surface area contributed by atoms with Gasteiger partial charge in [-0.2, -0.15) is 4.31 Å². The van der Waals surface area contributed by atoms with Crippen molar-refractivity contribution in [3.8, 4) is 0 Å². The van der Waals surface area contributed by atoms with Crippen molar-refractivity contribution < 1.29 is 22.3 Å². The number of rotatable bonds is 6. The topological polar surface area (TPSA) is 66.9 Å². The van der Waals surface area contributed by atoms with E-state index in [1.165, 1.54) is 46.8 Å². The molecule has 32 heavy (non-hydrogen) atoms. The zero-order valence-corrected chi connectivity index (χ0v) is 18.2. The van der Waals surface area contributed by atoms with E-state index in [1.54, 1.807) is 6.07 Å². The number of hydrogen-bond donors (Lipinski definition) is 0. The highest BCUT2D eigenvalue weighted by molar-refractivity contribution is 7.89. The summed E-state index contributed by atoms with van der Waals surface area (Å²) >= 11 is 0. The van der Waals surface area contributed by atoms with Crippen LogP contribution in [0.1, 0.15) is 15.9 Å². The molecule has 0 saturated carbocycles. The molecule has 1 heterocycles. The number of nitrogens with zero attached hydrogens (tertiary/aromatic N) is 2. The fourth-order valence-electron chi connectivity index (χ4n) is 3.62. The molecular formula is C24H23FN2O4S. The molecule has 0 atom stereocenters. The third kappa shape index (κ3) is 4.98. The van der Waals surface area contributed by atoms with Crippen LogP contribution in [0.4, 0.5) is 10.1 Å². The molecule has 0 aromatic heterocycles. The minimum atomic E-state index is -3.75. The molecule has 6 nitrogen and oxygen atoms in total. The second kappa shape index (κ2) is 9.50. The average Bonchev–Trinajstić information content (AvgIpc) is 2.83. The van der Waals surface area contributed by atoms with Gasteiger partial charge in [-0.15, -0.1) is 0 Å². The highest BCUT2D eigenvalue weighted by atomic mass is 32.2. The number of halogens is 1. The van der Waals surface area contributed by atoms with Crippen LogP contribution in [0, 0.1) is 5.82 Å². The van der Waals surface area contributed by atoms with Crippen molar-refractivity contribution in [3.05, 3.63) is 95.8 Å². The van der Waals surface area contributed by atoms with Gasteiger partial charge in [0.05, 0.1) is 10.5 Å². The Morgan fingerprint density at radius 1 is 0.875 bits per heavy atom. The van der Waals surface area contributed by atoms with Crippen LogP contribution >= 0.6 is 0 Å². The number of sulfonamides is 1. The van der Waals surface area contributed by atoms with Gasteiger partial charge in [-0.3, -0.25) is 0 Å². The first-order valence-electron chi connectivity index (χ1n) is 10.3. The van der Waals surface area contributed by atoms with Gasteiger partial charge in [0.15, 0.2) is 0 Å². The van der Waals surface area contributed by atoms with Crippen LogP contribution in [-0.2, 0) is 21.4 Å². The van der Waals surface area contributed by atoms with Crippen molar-refractivity contribution >= 4 is 21.7 Å². The Kier molecular flexibility index (Phi) is 6.53. The summed E-state index contributed by atoms with van der Waals surface area (Å²) in [6, 6.07) is 21.4. The van der Waals surface area contributed by atoms with E-state index in [4.69, 9.17) is 4.74 Å². The first-order valence-corrected chi connectivity index (χ1v) is 11.7. The highest BCUT2D eigenvalue weighted by Crippen LogP contribution is 2.22. The lowest BCUT2D eigenvalue weighted by atomic mass is 10.2. The lowest BCUT2D eigenvalue weighted by Crippen LogP contribution is -2.48. The number of carbonyl (C=O) groups is 1. The van der Waals surface area contributed by atoms with Crippen molar-refractivity contribution in [1.82, 2.24) is 4.31 Å². The molecule has 0 amide bonds. The lowest BCUT2D eigenvalue weighted by molar-refractivity contribution is 0.0472. The standard InChI is InChI=1S/C24H23FN2O4S/c25-21-8-4-6-19(16-21)18-31-24(28)20-7-5-11-23(17-20)32(29,30)27-14-12-26(13-15-27)22-9-2-1-3-10-22/h1-11,16-17H,12-15,18H2. The van der Waals surface area contributed by atoms with Crippen LogP contribution in [0.5, 0.6) is 0 Å². The summed E-state index contributed by atoms with van der Waals surface area (Å²) in [6.07, 6.45) is 0. The number of benzene rings is 3. The quantitative estimate of drug-likeness (QED) is 0.532. The minimum Gasteiger partial charge on any atom is -0.457 e. The molecule has 166 valence electrons. The summed E-state index contributed by atoms with van der Waals surface area (Å²) in [7, 11) is -3.75. The molecule has 0 bridgehead atoms. The molecule has 1 fully saturated rings. The van der Waals surface area contributed by atoms with Gasteiger partial charge in [0.1, 0.15) is 12.4 Å². The van der Waals surface area contributed by atoms with Crippen LogP contribution in [-0.4, -0.2) is 44.9 Å². The largest absolute Gasteiger partial charge is 0.457 e. The minimum absolute atomic E-state index is 0.0471. The molecule has 1 aliphatic rings. The lowest BCUT2D eigenvalue weighted by Gasteiger charge is -2.35. The van der Waals surface area contributed by atoms with Gasteiger partial charge < -0.3 is 9.64 Å². The first-order chi connectivity index (χ1) is 15.4. The average molecular weight is 455 g/mol. The number of ether oxygens (including phenoxy) is 1. The number of piperazine rings is 1. The summed E-state index contributed by atoms with van der Waals surface area (Å²) in [5.74, 6) is -1.08. The Balaban J connectivity index is 1.42. The second-order valence-electron chi connectivity index (χ2n) is 7.46. The summed E-state index contributed by atoms with van der Waals surface area (Å²) in [6.45, 7) is 1.77. The van der Waals surface area contributed by atoms with Crippen molar-refractivity contribution in [2.75, 3.05) is 31.1 Å². The maximum atomic E-state index is 13.3. The van der Waals surface area contributed by atoms with Crippen molar-refractivity contribution in [2.45, 2.75) is 11.5 Å². The van der Waals surface area contributed by atoms with Crippen LogP contribution in [0.3, 0.4) is 0 Å². The fourth-order valence-corrected chi connectivity index (χ4v) is 5.09. The molecule has 0 N–H and O–H groups in total. The zero-order chi connectivity index (χ0) is 22.6. The van der Waals surface area contributed by atoms with E-state index in [0.29, 0.717) is 31.7 Å². The second-order valence-corrected chi connectivity index (χ2v) is 9.40. The summed E-state index contributed by atoms with van der Waals surface area (Å²) < 4.78 is 46.2. The van der Waals surface area contributed by atoms with E-state index in [9.17, 15) is 17.6 Å². The normalized spacial score (nSPS) is 14.8. The Morgan fingerprint density at radius 3 is 2.31 bits per heavy atom. The Bertz CT molecular complexity index is 1190. The molecule has 0 aliphatic carbocycles. The van der Waals surface area contributed by atoms with Gasteiger partial charge in [-0.1, -0.05) is 36.4 Å². The molecular weight excluding hydrogens is 431 g/mol. The maximum absolute atomic E-state index is 13.3. The van der Waals surface area contributed by atoms with Gasteiger partial charge in [0.2, 0.25) is 10.0 Å². The fraction of sp³-hybridized carbons (Fsp3) is 0.208. The Hall–Kier alpha value is -3.23. The van der Waals surface area contributed by atoms with E-state index < -0.39 is 21.8 Å². The number of hydrogen-bond acceptors (Lipinski definition) is 5. The first kappa shape index (κ1) is 22.0. The molecule has 0 unspecified atom stereocenters. The molecule has 4 rings (SSSR count). The smallest absolute Gasteiger partial charge is 0.338 e. The van der Waals surface area contributed by atoms with Crippen LogP contribution in [0.15, 0.2) is 83.8 Å². The van der Waals surface area contributed by atoms with Gasteiger partial charge in [-0.25, -0.2) is 17.6 Å².